The highest BCUT2D eigenvalue weighted by atomic mass is 79.9. The minimum absolute atomic E-state index is 0.0178. The second-order valence-corrected chi connectivity index (χ2v) is 5.34. The fourth-order valence-corrected chi connectivity index (χ4v) is 2.59. The van der Waals surface area contributed by atoms with Crippen molar-refractivity contribution in [3.8, 4) is 16.9 Å². The van der Waals surface area contributed by atoms with Crippen LogP contribution < -0.4 is 16.2 Å². The van der Waals surface area contributed by atoms with Gasteiger partial charge in [0.15, 0.2) is 0 Å². The van der Waals surface area contributed by atoms with Gasteiger partial charge in [0.05, 0.1) is 12.7 Å². The first kappa shape index (κ1) is 16.0. The van der Waals surface area contributed by atoms with Crippen molar-refractivity contribution in [3.05, 3.63) is 51.7 Å². The van der Waals surface area contributed by atoms with E-state index in [0.29, 0.717) is 4.47 Å². The predicted octanol–water partition coefficient (Wildman–Crippen LogP) is 2.46. The van der Waals surface area contributed by atoms with E-state index >= 15 is 0 Å². The number of hydrogen-bond donors (Lipinski definition) is 2. The Morgan fingerprint density at radius 1 is 1.09 bits per heavy atom. The number of halogens is 2. The molecule has 2 rings (SSSR count). The Bertz CT molecular complexity index is 745. The van der Waals surface area contributed by atoms with E-state index in [1.165, 1.54) is 37.4 Å². The molecule has 2 amide bonds. The van der Waals surface area contributed by atoms with Crippen LogP contribution in [0.4, 0.5) is 4.39 Å². The maximum atomic E-state index is 14.5. The van der Waals surface area contributed by atoms with Crippen LogP contribution in [0.3, 0.4) is 0 Å². The summed E-state index contributed by atoms with van der Waals surface area (Å²) in [6.45, 7) is 0. The Hall–Kier alpha value is -2.41. The lowest BCUT2D eigenvalue weighted by Crippen LogP contribution is -2.18. The monoisotopic (exact) mass is 366 g/mol. The van der Waals surface area contributed by atoms with Gasteiger partial charge in [0.25, 0.3) is 0 Å². The quantitative estimate of drug-likeness (QED) is 0.869. The van der Waals surface area contributed by atoms with Crippen LogP contribution in [0.1, 0.15) is 20.7 Å². The van der Waals surface area contributed by atoms with Crippen LogP contribution >= 0.6 is 15.9 Å². The van der Waals surface area contributed by atoms with Gasteiger partial charge < -0.3 is 16.2 Å². The van der Waals surface area contributed by atoms with Gasteiger partial charge in [0.1, 0.15) is 11.6 Å². The molecule has 7 heteroatoms. The Labute approximate surface area is 134 Å². The molecule has 2 aromatic rings. The van der Waals surface area contributed by atoms with Gasteiger partial charge in [-0.3, -0.25) is 9.59 Å². The van der Waals surface area contributed by atoms with Gasteiger partial charge in [-0.15, -0.1) is 0 Å². The summed E-state index contributed by atoms with van der Waals surface area (Å²) in [6.07, 6.45) is 0. The van der Waals surface area contributed by atoms with E-state index in [9.17, 15) is 14.0 Å². The maximum Gasteiger partial charge on any atom is 0.249 e. The lowest BCUT2D eigenvalue weighted by atomic mass is 9.92. The molecule has 0 fully saturated rings. The number of carbonyl (C=O) groups excluding carboxylic acids is 2. The van der Waals surface area contributed by atoms with E-state index < -0.39 is 17.6 Å². The summed E-state index contributed by atoms with van der Waals surface area (Å²) in [4.78, 5) is 23.3. The Morgan fingerprint density at radius 2 is 1.64 bits per heavy atom. The van der Waals surface area contributed by atoms with E-state index in [2.05, 4.69) is 15.9 Å². The molecular formula is C15H12BrFN2O3. The number of carbonyl (C=O) groups is 2. The molecule has 0 aliphatic carbocycles. The molecule has 0 saturated carbocycles. The van der Waals surface area contributed by atoms with Gasteiger partial charge in [0.2, 0.25) is 11.8 Å². The van der Waals surface area contributed by atoms with Gasteiger partial charge in [-0.25, -0.2) is 4.39 Å². The van der Waals surface area contributed by atoms with Crippen LogP contribution in [0.5, 0.6) is 5.75 Å². The minimum atomic E-state index is -0.803. The third-order valence-electron chi connectivity index (χ3n) is 3.08. The Morgan fingerprint density at radius 3 is 2.09 bits per heavy atom. The van der Waals surface area contributed by atoms with Crippen molar-refractivity contribution in [1.29, 1.82) is 0 Å². The summed E-state index contributed by atoms with van der Waals surface area (Å²) in [6, 6.07) is 6.95. The number of nitrogens with two attached hydrogens (primary N) is 2. The second-order valence-electron chi connectivity index (χ2n) is 4.42. The van der Waals surface area contributed by atoms with Gasteiger partial charge in [-0.1, -0.05) is 22.0 Å². The van der Waals surface area contributed by atoms with Crippen LogP contribution in [0.15, 0.2) is 34.8 Å². The highest BCUT2D eigenvalue weighted by molar-refractivity contribution is 9.10. The molecular weight excluding hydrogens is 355 g/mol. The summed E-state index contributed by atoms with van der Waals surface area (Å²) in [5.41, 5.74) is 10.6. The summed E-state index contributed by atoms with van der Waals surface area (Å²) >= 11 is 3.15. The zero-order valence-electron chi connectivity index (χ0n) is 11.5. The largest absolute Gasteiger partial charge is 0.496 e. The molecule has 0 spiro atoms. The molecule has 0 radical (unpaired) electrons. The number of amides is 2. The summed E-state index contributed by atoms with van der Waals surface area (Å²) in [5.74, 6) is -2.14. The van der Waals surface area contributed by atoms with E-state index in [4.69, 9.17) is 16.2 Å². The topological polar surface area (TPSA) is 95.4 Å². The standard InChI is InChI=1S/C15H12BrFN2O3/c1-22-11-6-7(16)5-10(17)13(11)12-8(14(18)20)3-2-4-9(12)15(19)21/h2-6H,1H3,(H2,18,20)(H2,19,21). The number of hydrogen-bond acceptors (Lipinski definition) is 3. The number of primary amides is 2. The van der Waals surface area contributed by atoms with Crippen LogP contribution in [0.2, 0.25) is 0 Å². The van der Waals surface area contributed by atoms with E-state index in [0.717, 1.165) is 0 Å². The molecule has 114 valence electrons. The summed E-state index contributed by atoms with van der Waals surface area (Å²) in [5, 5.41) is 0. The van der Waals surface area contributed by atoms with Crippen LogP contribution in [-0.4, -0.2) is 18.9 Å². The van der Waals surface area contributed by atoms with Gasteiger partial charge in [-0.05, 0) is 24.3 Å². The average Bonchev–Trinajstić information content (AvgIpc) is 2.45. The number of methoxy groups -OCH3 is 1. The molecule has 0 heterocycles. The molecule has 0 aliphatic heterocycles. The van der Waals surface area contributed by atoms with E-state index in [1.54, 1.807) is 0 Å². The van der Waals surface area contributed by atoms with Crippen LogP contribution in [-0.2, 0) is 0 Å². The zero-order chi connectivity index (χ0) is 16.4. The number of rotatable bonds is 4. The third-order valence-corrected chi connectivity index (χ3v) is 3.54. The third kappa shape index (κ3) is 2.80. The molecule has 5 nitrogen and oxygen atoms in total. The highest BCUT2D eigenvalue weighted by Gasteiger charge is 2.23. The van der Waals surface area contributed by atoms with Crippen molar-refractivity contribution >= 4 is 27.7 Å². The first-order valence-corrected chi connectivity index (χ1v) is 6.92. The van der Waals surface area contributed by atoms with Crippen molar-refractivity contribution in [1.82, 2.24) is 0 Å². The van der Waals surface area contributed by atoms with Crippen LogP contribution in [0, 0.1) is 5.82 Å². The van der Waals surface area contributed by atoms with Crippen molar-refractivity contribution in [2.24, 2.45) is 11.5 Å². The molecule has 0 aromatic heterocycles. The molecule has 22 heavy (non-hydrogen) atoms. The minimum Gasteiger partial charge on any atom is -0.496 e. The molecule has 4 N–H and O–H groups in total. The average molecular weight is 367 g/mol. The van der Waals surface area contributed by atoms with Crippen molar-refractivity contribution in [3.63, 3.8) is 0 Å². The molecule has 0 bridgehead atoms. The number of ether oxygens (including phenoxy) is 1. The molecule has 0 unspecified atom stereocenters. The van der Waals surface area contributed by atoms with Crippen molar-refractivity contribution < 1.29 is 18.7 Å². The predicted molar refractivity (Wildman–Crippen MR) is 83.1 cm³/mol. The van der Waals surface area contributed by atoms with Crippen LogP contribution in [0.25, 0.3) is 11.1 Å². The SMILES string of the molecule is COc1cc(Br)cc(F)c1-c1c(C(N)=O)cccc1C(N)=O. The Balaban J connectivity index is 2.93. The second kappa shape index (κ2) is 6.15. The fraction of sp³-hybridized carbons (Fsp3) is 0.0667. The molecule has 0 atom stereocenters. The van der Waals surface area contributed by atoms with E-state index in [-0.39, 0.29) is 28.0 Å². The summed E-state index contributed by atoms with van der Waals surface area (Å²) < 4.78 is 20.1. The smallest absolute Gasteiger partial charge is 0.249 e. The normalized spacial score (nSPS) is 10.3. The molecule has 0 saturated heterocycles. The lowest BCUT2D eigenvalue weighted by Gasteiger charge is -2.16. The molecule has 0 aliphatic rings. The first-order valence-electron chi connectivity index (χ1n) is 6.12. The van der Waals surface area contributed by atoms with E-state index in [1.807, 2.05) is 0 Å². The van der Waals surface area contributed by atoms with Crippen molar-refractivity contribution in [2.45, 2.75) is 0 Å². The summed E-state index contributed by atoms with van der Waals surface area (Å²) in [7, 11) is 1.35. The Kier molecular flexibility index (Phi) is 4.46. The number of benzene rings is 2. The molecule has 2 aromatic carbocycles. The van der Waals surface area contributed by atoms with Gasteiger partial charge >= 0.3 is 0 Å². The highest BCUT2D eigenvalue weighted by Crippen LogP contribution is 2.39. The first-order chi connectivity index (χ1) is 10.4. The van der Waals surface area contributed by atoms with Gasteiger partial charge in [0, 0.05) is 21.2 Å². The van der Waals surface area contributed by atoms with Crippen molar-refractivity contribution in [2.75, 3.05) is 7.11 Å². The fourth-order valence-electron chi connectivity index (χ4n) is 2.19. The maximum absolute atomic E-state index is 14.5. The zero-order valence-corrected chi connectivity index (χ0v) is 13.1. The lowest BCUT2D eigenvalue weighted by molar-refractivity contribution is 0.0999. The van der Waals surface area contributed by atoms with Gasteiger partial charge in [-0.2, -0.15) is 0 Å².